The molecule has 17 heavy (non-hydrogen) atoms. The summed E-state index contributed by atoms with van der Waals surface area (Å²) in [5, 5.41) is 8.94. The minimum atomic E-state index is -0.668. The monoisotopic (exact) mass is 301 g/mol. The fourth-order valence-corrected chi connectivity index (χ4v) is 2.59. The largest absolute Gasteiger partial charge is 0.481 e. The van der Waals surface area contributed by atoms with Crippen molar-refractivity contribution in [3.8, 4) is 0 Å². The SMILES string of the molecule is CC(c1ccc(Br)o1)N1CCC(C(=O)O)CC1. The van der Waals surface area contributed by atoms with Gasteiger partial charge >= 0.3 is 5.97 Å². The van der Waals surface area contributed by atoms with Crippen LogP contribution < -0.4 is 0 Å². The van der Waals surface area contributed by atoms with Gasteiger partial charge in [-0.25, -0.2) is 0 Å². The van der Waals surface area contributed by atoms with E-state index in [0.29, 0.717) is 0 Å². The Morgan fingerprint density at radius 1 is 1.53 bits per heavy atom. The molecule has 1 unspecified atom stereocenters. The second kappa shape index (κ2) is 5.23. The Morgan fingerprint density at radius 3 is 2.65 bits per heavy atom. The molecule has 1 aromatic rings. The number of furan rings is 1. The van der Waals surface area contributed by atoms with Crippen LogP contribution in [0.25, 0.3) is 0 Å². The van der Waals surface area contributed by atoms with Gasteiger partial charge in [-0.3, -0.25) is 9.69 Å². The van der Waals surface area contributed by atoms with E-state index in [0.717, 1.165) is 36.4 Å². The number of hydrogen-bond acceptors (Lipinski definition) is 3. The summed E-state index contributed by atoms with van der Waals surface area (Å²) in [5.41, 5.74) is 0. The van der Waals surface area contributed by atoms with Crippen LogP contribution in [0.2, 0.25) is 0 Å². The van der Waals surface area contributed by atoms with Gasteiger partial charge in [-0.2, -0.15) is 0 Å². The van der Waals surface area contributed by atoms with E-state index in [1.807, 2.05) is 12.1 Å². The number of carboxylic acid groups (broad SMARTS) is 1. The zero-order chi connectivity index (χ0) is 12.4. The smallest absolute Gasteiger partial charge is 0.306 e. The van der Waals surface area contributed by atoms with Crippen molar-refractivity contribution in [2.45, 2.75) is 25.8 Å². The second-order valence-corrected chi connectivity index (χ2v) is 5.25. The molecule has 0 spiro atoms. The number of aliphatic carboxylic acids is 1. The number of carbonyl (C=O) groups is 1. The molecular formula is C12H16BrNO3. The van der Waals surface area contributed by atoms with Gasteiger partial charge in [0.15, 0.2) is 4.67 Å². The predicted molar refractivity (Wildman–Crippen MR) is 66.8 cm³/mol. The summed E-state index contributed by atoms with van der Waals surface area (Å²) in [7, 11) is 0. The molecule has 1 saturated heterocycles. The van der Waals surface area contributed by atoms with Gasteiger partial charge in [0.2, 0.25) is 0 Å². The van der Waals surface area contributed by atoms with Crippen LogP contribution in [0.4, 0.5) is 0 Å². The highest BCUT2D eigenvalue weighted by molar-refractivity contribution is 9.10. The standard InChI is InChI=1S/C12H16BrNO3/c1-8(10-2-3-11(13)17-10)14-6-4-9(5-7-14)12(15)16/h2-3,8-9H,4-7H2,1H3,(H,15,16). The Balaban J connectivity index is 1.94. The van der Waals surface area contributed by atoms with Crippen LogP contribution >= 0.6 is 15.9 Å². The summed E-state index contributed by atoms with van der Waals surface area (Å²) in [6, 6.07) is 4.05. The Morgan fingerprint density at radius 2 is 2.18 bits per heavy atom. The summed E-state index contributed by atoms with van der Waals surface area (Å²) < 4.78 is 6.27. The number of nitrogens with zero attached hydrogens (tertiary/aromatic N) is 1. The molecule has 0 amide bonds. The number of likely N-dealkylation sites (tertiary alicyclic amines) is 1. The molecule has 1 atom stereocenters. The highest BCUT2D eigenvalue weighted by atomic mass is 79.9. The lowest BCUT2D eigenvalue weighted by Gasteiger charge is -2.33. The van der Waals surface area contributed by atoms with Gasteiger partial charge in [-0.1, -0.05) is 0 Å². The lowest BCUT2D eigenvalue weighted by molar-refractivity contribution is -0.143. The normalized spacial score (nSPS) is 20.4. The Hall–Kier alpha value is -0.810. The van der Waals surface area contributed by atoms with Crippen LogP contribution in [0, 0.1) is 5.92 Å². The number of piperidine rings is 1. The van der Waals surface area contributed by atoms with Gasteiger partial charge in [-0.15, -0.1) is 0 Å². The van der Waals surface area contributed by atoms with E-state index in [1.54, 1.807) is 0 Å². The summed E-state index contributed by atoms with van der Waals surface area (Å²) >= 11 is 3.29. The first kappa shape index (κ1) is 12.6. The van der Waals surface area contributed by atoms with Crippen LogP contribution in [-0.2, 0) is 4.79 Å². The van der Waals surface area contributed by atoms with Crippen LogP contribution in [-0.4, -0.2) is 29.1 Å². The Bertz CT molecular complexity index is 396. The third-order valence-corrected chi connectivity index (χ3v) is 3.86. The molecule has 0 radical (unpaired) electrons. The maximum atomic E-state index is 10.9. The first-order valence-electron chi connectivity index (χ1n) is 5.80. The molecule has 94 valence electrons. The molecule has 1 aliphatic rings. The van der Waals surface area contributed by atoms with Gasteiger partial charge in [0.25, 0.3) is 0 Å². The maximum absolute atomic E-state index is 10.9. The number of rotatable bonds is 3. The molecule has 2 rings (SSSR count). The summed E-state index contributed by atoms with van der Waals surface area (Å²) in [4.78, 5) is 13.1. The van der Waals surface area contributed by atoms with Crippen LogP contribution in [0.3, 0.4) is 0 Å². The first-order valence-corrected chi connectivity index (χ1v) is 6.59. The second-order valence-electron chi connectivity index (χ2n) is 4.47. The van der Waals surface area contributed by atoms with Gasteiger partial charge in [0.05, 0.1) is 12.0 Å². The molecule has 4 nitrogen and oxygen atoms in total. The third kappa shape index (κ3) is 2.90. The van der Waals surface area contributed by atoms with E-state index >= 15 is 0 Å². The van der Waals surface area contributed by atoms with Crippen molar-refractivity contribution in [2.24, 2.45) is 5.92 Å². The van der Waals surface area contributed by atoms with E-state index in [9.17, 15) is 4.79 Å². The van der Waals surface area contributed by atoms with Crippen LogP contribution in [0.15, 0.2) is 21.2 Å². The van der Waals surface area contributed by atoms with Gasteiger partial charge in [0, 0.05) is 0 Å². The molecule has 0 aromatic carbocycles. The lowest BCUT2D eigenvalue weighted by atomic mass is 9.96. The molecule has 0 bridgehead atoms. The van der Waals surface area contributed by atoms with E-state index in [-0.39, 0.29) is 12.0 Å². The van der Waals surface area contributed by atoms with Crippen LogP contribution in [0.1, 0.15) is 31.6 Å². The summed E-state index contributed by atoms with van der Waals surface area (Å²) in [6.45, 7) is 3.72. The van der Waals surface area contributed by atoms with E-state index in [1.165, 1.54) is 0 Å². The molecule has 0 aliphatic carbocycles. The average molecular weight is 302 g/mol. The maximum Gasteiger partial charge on any atom is 0.306 e. The predicted octanol–water partition coefficient (Wildman–Crippen LogP) is 2.90. The van der Waals surface area contributed by atoms with Crippen molar-refractivity contribution in [1.29, 1.82) is 0 Å². The molecule has 1 fully saturated rings. The van der Waals surface area contributed by atoms with E-state index in [4.69, 9.17) is 9.52 Å². The van der Waals surface area contributed by atoms with E-state index < -0.39 is 5.97 Å². The topological polar surface area (TPSA) is 53.7 Å². The molecule has 5 heteroatoms. The first-order chi connectivity index (χ1) is 8.08. The molecule has 1 aliphatic heterocycles. The molecule has 2 heterocycles. The lowest BCUT2D eigenvalue weighted by Crippen LogP contribution is -2.37. The van der Waals surface area contributed by atoms with Crippen molar-refractivity contribution in [1.82, 2.24) is 4.90 Å². The molecule has 1 aromatic heterocycles. The van der Waals surface area contributed by atoms with Crippen LogP contribution in [0.5, 0.6) is 0 Å². The Kier molecular flexibility index (Phi) is 3.89. The minimum Gasteiger partial charge on any atom is -0.481 e. The fraction of sp³-hybridized carbons (Fsp3) is 0.583. The molecular weight excluding hydrogens is 286 g/mol. The van der Waals surface area contributed by atoms with E-state index in [2.05, 4.69) is 27.8 Å². The molecule has 1 N–H and O–H groups in total. The average Bonchev–Trinajstić information content (AvgIpc) is 2.75. The minimum absolute atomic E-state index is 0.179. The van der Waals surface area contributed by atoms with Gasteiger partial charge < -0.3 is 9.52 Å². The van der Waals surface area contributed by atoms with Gasteiger partial charge in [-0.05, 0) is 60.9 Å². The zero-order valence-electron chi connectivity index (χ0n) is 9.73. The van der Waals surface area contributed by atoms with Crippen molar-refractivity contribution >= 4 is 21.9 Å². The van der Waals surface area contributed by atoms with Crippen molar-refractivity contribution in [3.05, 3.63) is 22.6 Å². The fourth-order valence-electron chi connectivity index (χ4n) is 2.27. The highest BCUT2D eigenvalue weighted by Gasteiger charge is 2.28. The van der Waals surface area contributed by atoms with Crippen molar-refractivity contribution in [3.63, 3.8) is 0 Å². The zero-order valence-corrected chi connectivity index (χ0v) is 11.3. The number of hydrogen-bond donors (Lipinski definition) is 1. The van der Waals surface area contributed by atoms with Gasteiger partial charge in [0.1, 0.15) is 5.76 Å². The quantitative estimate of drug-likeness (QED) is 0.933. The van der Waals surface area contributed by atoms with Crippen molar-refractivity contribution < 1.29 is 14.3 Å². The Labute approximate surface area is 109 Å². The summed E-state index contributed by atoms with van der Waals surface area (Å²) in [5.74, 6) is 0.0745. The number of carboxylic acids is 1. The highest BCUT2D eigenvalue weighted by Crippen LogP contribution is 2.28. The summed E-state index contributed by atoms with van der Waals surface area (Å²) in [6.07, 6.45) is 1.45. The third-order valence-electron chi connectivity index (χ3n) is 3.43. The number of halogens is 1. The van der Waals surface area contributed by atoms with Crippen molar-refractivity contribution in [2.75, 3.05) is 13.1 Å². The molecule has 0 saturated carbocycles.